The number of carbonyl (C=O) groups excluding carboxylic acids is 1. The average Bonchev–Trinajstić information content (AvgIpc) is 3.48. The molecule has 2 aromatic heterocycles. The van der Waals surface area contributed by atoms with E-state index in [1.54, 1.807) is 17.0 Å². The Balaban J connectivity index is 1.39. The smallest absolute Gasteiger partial charge is 0.293 e. The molecule has 0 spiro atoms. The van der Waals surface area contributed by atoms with Gasteiger partial charge in [0.2, 0.25) is 0 Å². The normalized spacial score (nSPS) is 19.2. The van der Waals surface area contributed by atoms with E-state index in [9.17, 15) is 14.9 Å². The van der Waals surface area contributed by atoms with Gasteiger partial charge in [-0.15, -0.1) is 10.2 Å². The van der Waals surface area contributed by atoms with Crippen LogP contribution in [0, 0.1) is 10.1 Å². The van der Waals surface area contributed by atoms with Gasteiger partial charge < -0.3 is 9.80 Å². The molecule has 4 heterocycles. The van der Waals surface area contributed by atoms with E-state index in [2.05, 4.69) is 10.2 Å². The topological polar surface area (TPSA) is 96.9 Å². The molecule has 0 aliphatic carbocycles. The van der Waals surface area contributed by atoms with Gasteiger partial charge in [0, 0.05) is 49.9 Å². The maximum atomic E-state index is 13.2. The van der Waals surface area contributed by atoms with Crippen LogP contribution >= 0.6 is 0 Å². The Morgan fingerprint density at radius 1 is 1.06 bits per heavy atom. The number of anilines is 1. The van der Waals surface area contributed by atoms with E-state index in [0.29, 0.717) is 24.3 Å². The molecule has 5 rings (SSSR count). The van der Waals surface area contributed by atoms with Crippen LogP contribution in [-0.2, 0) is 0 Å². The van der Waals surface area contributed by atoms with Crippen LogP contribution in [0.1, 0.15) is 47.8 Å². The summed E-state index contributed by atoms with van der Waals surface area (Å²) in [5.41, 5.74) is 1.76. The summed E-state index contributed by atoms with van der Waals surface area (Å²) in [6.07, 6.45) is 5.78. The molecular formula is C22H24N6O3. The number of hydrogen-bond acceptors (Lipinski definition) is 6. The zero-order valence-corrected chi connectivity index (χ0v) is 17.2. The van der Waals surface area contributed by atoms with Gasteiger partial charge in [-0.3, -0.25) is 19.3 Å². The van der Waals surface area contributed by atoms with Gasteiger partial charge in [0.1, 0.15) is 11.5 Å². The van der Waals surface area contributed by atoms with Crippen molar-refractivity contribution in [2.24, 2.45) is 0 Å². The first-order valence-corrected chi connectivity index (χ1v) is 10.7. The number of piperidine rings is 1. The molecule has 160 valence electrons. The first-order valence-electron chi connectivity index (χ1n) is 10.7. The molecule has 2 aliphatic rings. The Kier molecular flexibility index (Phi) is 5.01. The van der Waals surface area contributed by atoms with E-state index in [-0.39, 0.29) is 22.4 Å². The monoisotopic (exact) mass is 420 g/mol. The van der Waals surface area contributed by atoms with Crippen molar-refractivity contribution in [1.82, 2.24) is 19.5 Å². The molecule has 1 atom stereocenters. The Hall–Kier alpha value is -3.49. The maximum Gasteiger partial charge on any atom is 0.293 e. The number of benzene rings is 1. The average molecular weight is 420 g/mol. The third-order valence-electron chi connectivity index (χ3n) is 6.28. The van der Waals surface area contributed by atoms with Crippen molar-refractivity contribution in [1.29, 1.82) is 0 Å². The fourth-order valence-corrected chi connectivity index (χ4v) is 4.72. The number of rotatable bonds is 4. The molecule has 1 unspecified atom stereocenters. The van der Waals surface area contributed by atoms with Crippen LogP contribution in [0.5, 0.6) is 0 Å². The number of likely N-dealkylation sites (tertiary alicyclic amines) is 1. The van der Waals surface area contributed by atoms with E-state index in [1.165, 1.54) is 6.07 Å². The third-order valence-corrected chi connectivity index (χ3v) is 6.28. The SMILES string of the molecule is O=C(c1ccc(N2CCCC2)c([N+](=O)[O-])c1)N1CCCC(c2nnc3ccccn23)C1. The van der Waals surface area contributed by atoms with Crippen LogP contribution < -0.4 is 4.90 Å². The molecule has 2 aliphatic heterocycles. The second-order valence-electron chi connectivity index (χ2n) is 8.23. The highest BCUT2D eigenvalue weighted by Gasteiger charge is 2.30. The van der Waals surface area contributed by atoms with Crippen molar-refractivity contribution in [2.45, 2.75) is 31.6 Å². The number of hydrogen-bond donors (Lipinski definition) is 0. The van der Waals surface area contributed by atoms with Crippen LogP contribution in [-0.4, -0.2) is 56.5 Å². The Morgan fingerprint density at radius 3 is 2.71 bits per heavy atom. The molecule has 3 aromatic rings. The lowest BCUT2D eigenvalue weighted by molar-refractivity contribution is -0.384. The molecule has 0 radical (unpaired) electrons. The maximum absolute atomic E-state index is 13.2. The van der Waals surface area contributed by atoms with Gasteiger partial charge in [0.15, 0.2) is 5.65 Å². The third kappa shape index (κ3) is 3.60. The zero-order valence-electron chi connectivity index (χ0n) is 17.2. The van der Waals surface area contributed by atoms with Crippen molar-refractivity contribution < 1.29 is 9.72 Å². The predicted molar refractivity (Wildman–Crippen MR) is 115 cm³/mol. The summed E-state index contributed by atoms with van der Waals surface area (Å²) in [5.74, 6) is 0.756. The number of aromatic nitrogens is 3. The van der Waals surface area contributed by atoms with E-state index < -0.39 is 0 Å². The lowest BCUT2D eigenvalue weighted by Crippen LogP contribution is -2.39. The van der Waals surface area contributed by atoms with Crippen LogP contribution in [0.3, 0.4) is 0 Å². The zero-order chi connectivity index (χ0) is 21.4. The molecule has 9 heteroatoms. The summed E-state index contributed by atoms with van der Waals surface area (Å²) >= 11 is 0. The summed E-state index contributed by atoms with van der Waals surface area (Å²) in [6.45, 7) is 2.78. The summed E-state index contributed by atoms with van der Waals surface area (Å²) in [4.78, 5) is 28.4. The van der Waals surface area contributed by atoms with Gasteiger partial charge in [-0.2, -0.15) is 0 Å². The van der Waals surface area contributed by atoms with E-state index in [1.807, 2.05) is 33.7 Å². The Bertz CT molecular complexity index is 1140. The number of pyridine rings is 1. The number of amides is 1. The van der Waals surface area contributed by atoms with Gasteiger partial charge >= 0.3 is 0 Å². The van der Waals surface area contributed by atoms with Gasteiger partial charge in [0.25, 0.3) is 11.6 Å². The lowest BCUT2D eigenvalue weighted by Gasteiger charge is -2.32. The van der Waals surface area contributed by atoms with Crippen LogP contribution in [0.25, 0.3) is 5.65 Å². The summed E-state index contributed by atoms with van der Waals surface area (Å²) in [7, 11) is 0. The van der Waals surface area contributed by atoms with Crippen LogP contribution in [0.15, 0.2) is 42.6 Å². The van der Waals surface area contributed by atoms with E-state index in [4.69, 9.17) is 0 Å². The quantitative estimate of drug-likeness (QED) is 0.475. The predicted octanol–water partition coefficient (Wildman–Crippen LogP) is 3.26. The molecular weight excluding hydrogens is 396 g/mol. The molecule has 9 nitrogen and oxygen atoms in total. The molecule has 1 aromatic carbocycles. The molecule has 0 saturated carbocycles. The van der Waals surface area contributed by atoms with Crippen molar-refractivity contribution >= 4 is 22.9 Å². The van der Waals surface area contributed by atoms with Crippen LogP contribution in [0.2, 0.25) is 0 Å². The fraction of sp³-hybridized carbons (Fsp3) is 0.409. The summed E-state index contributed by atoms with van der Waals surface area (Å²) in [5, 5.41) is 20.3. The minimum absolute atomic E-state index is 0.00441. The Morgan fingerprint density at radius 2 is 1.90 bits per heavy atom. The lowest BCUT2D eigenvalue weighted by atomic mass is 9.96. The number of fused-ring (bicyclic) bond motifs is 1. The first-order chi connectivity index (χ1) is 15.1. The highest BCUT2D eigenvalue weighted by atomic mass is 16.6. The molecule has 31 heavy (non-hydrogen) atoms. The molecule has 1 amide bonds. The summed E-state index contributed by atoms with van der Waals surface area (Å²) < 4.78 is 1.97. The van der Waals surface area contributed by atoms with Crippen molar-refractivity contribution in [2.75, 3.05) is 31.1 Å². The van der Waals surface area contributed by atoms with Crippen molar-refractivity contribution in [3.63, 3.8) is 0 Å². The van der Waals surface area contributed by atoms with Gasteiger partial charge in [-0.25, -0.2) is 0 Å². The van der Waals surface area contributed by atoms with Crippen molar-refractivity contribution in [3.05, 3.63) is 64.1 Å². The fourth-order valence-electron chi connectivity index (χ4n) is 4.72. The second-order valence-corrected chi connectivity index (χ2v) is 8.23. The summed E-state index contributed by atoms with van der Waals surface area (Å²) in [6, 6.07) is 10.6. The van der Waals surface area contributed by atoms with E-state index >= 15 is 0 Å². The number of nitrogens with zero attached hydrogens (tertiary/aromatic N) is 6. The van der Waals surface area contributed by atoms with Gasteiger partial charge in [-0.1, -0.05) is 6.07 Å². The molecule has 2 saturated heterocycles. The largest absolute Gasteiger partial charge is 0.366 e. The Labute approximate surface area is 179 Å². The standard InChI is InChI=1S/C22H24N6O3/c29-22(16-8-9-18(19(14-16)28(30)31)25-10-3-4-11-25)26-12-5-6-17(15-26)21-24-23-20-7-1-2-13-27(20)21/h1-2,7-9,13-14,17H,3-6,10-12,15H2. The molecule has 2 fully saturated rings. The number of nitro groups is 1. The molecule has 0 bridgehead atoms. The van der Waals surface area contributed by atoms with Gasteiger partial charge in [-0.05, 0) is 49.9 Å². The minimum Gasteiger partial charge on any atom is -0.366 e. The van der Waals surface area contributed by atoms with E-state index in [0.717, 1.165) is 50.2 Å². The minimum atomic E-state index is -0.383. The number of nitro benzene ring substituents is 1. The first kappa shape index (κ1) is 19.5. The van der Waals surface area contributed by atoms with Gasteiger partial charge in [0.05, 0.1) is 4.92 Å². The second kappa shape index (κ2) is 7.98. The highest BCUT2D eigenvalue weighted by Crippen LogP contribution is 2.33. The molecule has 0 N–H and O–H groups in total. The number of carbonyl (C=O) groups is 1. The van der Waals surface area contributed by atoms with Crippen molar-refractivity contribution in [3.8, 4) is 0 Å². The van der Waals surface area contributed by atoms with Crippen LogP contribution in [0.4, 0.5) is 11.4 Å². The highest BCUT2D eigenvalue weighted by molar-refractivity contribution is 5.96.